The van der Waals surface area contributed by atoms with Crippen LogP contribution < -0.4 is 0 Å². The molecule has 2 rings (SSSR count). The first-order valence-electron chi connectivity index (χ1n) is 6.85. The second-order valence-electron chi connectivity index (χ2n) is 4.97. The van der Waals surface area contributed by atoms with E-state index in [0.717, 1.165) is 30.8 Å². The van der Waals surface area contributed by atoms with Gasteiger partial charge < -0.3 is 4.90 Å². The average Bonchev–Trinajstić information content (AvgIpc) is 2.39. The van der Waals surface area contributed by atoms with E-state index >= 15 is 0 Å². The minimum Gasteiger partial charge on any atom is -0.301 e. The van der Waals surface area contributed by atoms with Crippen molar-refractivity contribution in [3.05, 3.63) is 29.3 Å². The second kappa shape index (κ2) is 5.98. The zero-order chi connectivity index (χ0) is 13.1. The monoisotopic (exact) mass is 265 g/mol. The first kappa shape index (κ1) is 13.8. The number of rotatable bonds is 4. The molecule has 0 N–H and O–H groups in total. The topological polar surface area (TPSA) is 20.3 Å². The summed E-state index contributed by atoms with van der Waals surface area (Å²) in [6.45, 7) is 6.66. The minimum atomic E-state index is -0.869. The normalized spacial score (nSPS) is 20.8. The van der Waals surface area contributed by atoms with Gasteiger partial charge in [0, 0.05) is 17.2 Å². The van der Waals surface area contributed by atoms with Crippen molar-refractivity contribution in [2.45, 2.75) is 44.0 Å². The second-order valence-corrected chi connectivity index (χ2v) is 6.31. The SMILES string of the molecule is CCN(CC)C1CCc2cccc(S(C)=O)c2C1. The molecule has 0 fully saturated rings. The van der Waals surface area contributed by atoms with E-state index in [0.29, 0.717) is 6.04 Å². The molecule has 0 heterocycles. The molecule has 100 valence electrons. The van der Waals surface area contributed by atoms with Gasteiger partial charge in [-0.2, -0.15) is 0 Å². The number of hydrogen-bond acceptors (Lipinski definition) is 2. The summed E-state index contributed by atoms with van der Waals surface area (Å²) in [5.41, 5.74) is 2.76. The Balaban J connectivity index is 2.29. The minimum absolute atomic E-state index is 0.622. The molecule has 1 aliphatic rings. The van der Waals surface area contributed by atoms with Gasteiger partial charge >= 0.3 is 0 Å². The Bertz CT molecular complexity index is 440. The molecule has 0 amide bonds. The summed E-state index contributed by atoms with van der Waals surface area (Å²) in [7, 11) is -0.869. The van der Waals surface area contributed by atoms with Crippen LogP contribution >= 0.6 is 0 Å². The number of benzene rings is 1. The van der Waals surface area contributed by atoms with Crippen LogP contribution in [0, 0.1) is 0 Å². The van der Waals surface area contributed by atoms with Crippen LogP contribution in [0.1, 0.15) is 31.4 Å². The lowest BCUT2D eigenvalue weighted by Gasteiger charge is -2.34. The predicted molar refractivity (Wildman–Crippen MR) is 77.5 cm³/mol. The summed E-state index contributed by atoms with van der Waals surface area (Å²) in [5, 5.41) is 0. The van der Waals surface area contributed by atoms with Crippen LogP contribution in [-0.4, -0.2) is 34.5 Å². The molecule has 2 unspecified atom stereocenters. The Morgan fingerprint density at radius 1 is 1.33 bits per heavy atom. The standard InChI is InChI=1S/C15H23NOS/c1-4-16(5-2)13-10-9-12-7-6-8-15(18(3)17)14(12)11-13/h6-8,13H,4-5,9-11H2,1-3H3. The summed E-state index contributed by atoms with van der Waals surface area (Å²) < 4.78 is 11.8. The lowest BCUT2D eigenvalue weighted by molar-refractivity contribution is 0.198. The largest absolute Gasteiger partial charge is 0.301 e. The van der Waals surface area contributed by atoms with Crippen LogP contribution in [0.3, 0.4) is 0 Å². The molecule has 0 aromatic heterocycles. The molecule has 1 aromatic carbocycles. The molecular weight excluding hydrogens is 242 g/mol. The van der Waals surface area contributed by atoms with Gasteiger partial charge in [0.05, 0.1) is 10.8 Å². The molecule has 1 aromatic rings. The van der Waals surface area contributed by atoms with Gasteiger partial charge in [-0.1, -0.05) is 26.0 Å². The lowest BCUT2D eigenvalue weighted by atomic mass is 9.87. The van der Waals surface area contributed by atoms with Crippen molar-refractivity contribution in [1.82, 2.24) is 4.90 Å². The third-order valence-electron chi connectivity index (χ3n) is 4.06. The molecule has 18 heavy (non-hydrogen) atoms. The van der Waals surface area contributed by atoms with Crippen molar-refractivity contribution in [2.75, 3.05) is 19.3 Å². The molecule has 0 saturated heterocycles. The highest BCUT2D eigenvalue weighted by molar-refractivity contribution is 7.84. The van der Waals surface area contributed by atoms with E-state index in [1.54, 1.807) is 6.26 Å². The van der Waals surface area contributed by atoms with Crippen LogP contribution in [-0.2, 0) is 23.6 Å². The van der Waals surface area contributed by atoms with E-state index in [1.165, 1.54) is 17.5 Å². The van der Waals surface area contributed by atoms with Crippen molar-refractivity contribution in [1.29, 1.82) is 0 Å². The summed E-state index contributed by atoms with van der Waals surface area (Å²) in [4.78, 5) is 3.57. The van der Waals surface area contributed by atoms with E-state index in [1.807, 2.05) is 12.1 Å². The van der Waals surface area contributed by atoms with Gasteiger partial charge in [-0.05, 0) is 49.5 Å². The van der Waals surface area contributed by atoms with E-state index in [9.17, 15) is 4.21 Å². The van der Waals surface area contributed by atoms with E-state index in [-0.39, 0.29) is 0 Å². The van der Waals surface area contributed by atoms with Gasteiger partial charge in [0.1, 0.15) is 0 Å². The van der Waals surface area contributed by atoms with Gasteiger partial charge in [-0.25, -0.2) is 0 Å². The van der Waals surface area contributed by atoms with Gasteiger partial charge in [-0.15, -0.1) is 0 Å². The Morgan fingerprint density at radius 2 is 2.06 bits per heavy atom. The number of likely N-dealkylation sites (N-methyl/N-ethyl adjacent to an activating group) is 1. The van der Waals surface area contributed by atoms with Crippen molar-refractivity contribution in [3.8, 4) is 0 Å². The van der Waals surface area contributed by atoms with Gasteiger partial charge in [0.15, 0.2) is 0 Å². The Morgan fingerprint density at radius 3 is 2.67 bits per heavy atom. The average molecular weight is 265 g/mol. The van der Waals surface area contributed by atoms with Gasteiger partial charge in [-0.3, -0.25) is 4.21 Å². The predicted octanol–water partition coefficient (Wildman–Crippen LogP) is 2.62. The smallest absolute Gasteiger partial charge is 0.0501 e. The molecular formula is C15H23NOS. The van der Waals surface area contributed by atoms with E-state index in [4.69, 9.17) is 0 Å². The maximum absolute atomic E-state index is 11.8. The van der Waals surface area contributed by atoms with E-state index in [2.05, 4.69) is 24.8 Å². The number of fused-ring (bicyclic) bond motifs is 1. The number of hydrogen-bond donors (Lipinski definition) is 0. The molecule has 1 aliphatic carbocycles. The molecule has 0 aliphatic heterocycles. The van der Waals surface area contributed by atoms with Crippen LogP contribution in [0.4, 0.5) is 0 Å². The highest BCUT2D eigenvalue weighted by Crippen LogP contribution is 2.28. The first-order chi connectivity index (χ1) is 8.67. The lowest BCUT2D eigenvalue weighted by Crippen LogP contribution is -2.39. The van der Waals surface area contributed by atoms with Crippen molar-refractivity contribution in [2.24, 2.45) is 0 Å². The van der Waals surface area contributed by atoms with Crippen molar-refractivity contribution in [3.63, 3.8) is 0 Å². The van der Waals surface area contributed by atoms with Crippen LogP contribution in [0.15, 0.2) is 23.1 Å². The summed E-state index contributed by atoms with van der Waals surface area (Å²) >= 11 is 0. The molecule has 0 spiro atoms. The molecule has 0 radical (unpaired) electrons. The fourth-order valence-corrected chi connectivity index (χ4v) is 3.89. The Labute approximate surface area is 113 Å². The van der Waals surface area contributed by atoms with Crippen LogP contribution in [0.25, 0.3) is 0 Å². The molecule has 0 bridgehead atoms. The highest BCUT2D eigenvalue weighted by atomic mass is 32.2. The number of aryl methyl sites for hydroxylation is 1. The van der Waals surface area contributed by atoms with Crippen LogP contribution in [0.2, 0.25) is 0 Å². The molecule has 3 heteroatoms. The Hall–Kier alpha value is -0.670. The maximum Gasteiger partial charge on any atom is 0.0501 e. The quantitative estimate of drug-likeness (QED) is 0.834. The van der Waals surface area contributed by atoms with E-state index < -0.39 is 10.8 Å². The van der Waals surface area contributed by atoms with Crippen LogP contribution in [0.5, 0.6) is 0 Å². The van der Waals surface area contributed by atoms with Gasteiger partial charge in [0.2, 0.25) is 0 Å². The maximum atomic E-state index is 11.8. The summed E-state index contributed by atoms with van der Waals surface area (Å²) in [5.74, 6) is 0. The Kier molecular flexibility index (Phi) is 4.57. The van der Waals surface area contributed by atoms with Crippen molar-refractivity contribution < 1.29 is 4.21 Å². The third-order valence-corrected chi connectivity index (χ3v) is 5.06. The first-order valence-corrected chi connectivity index (χ1v) is 8.41. The third kappa shape index (κ3) is 2.67. The van der Waals surface area contributed by atoms with Crippen molar-refractivity contribution >= 4 is 10.8 Å². The molecule has 2 nitrogen and oxygen atoms in total. The molecule has 2 atom stereocenters. The highest BCUT2D eigenvalue weighted by Gasteiger charge is 2.24. The zero-order valence-corrected chi connectivity index (χ0v) is 12.4. The molecule has 0 saturated carbocycles. The van der Waals surface area contributed by atoms with Gasteiger partial charge in [0.25, 0.3) is 0 Å². The summed E-state index contributed by atoms with van der Waals surface area (Å²) in [6.07, 6.45) is 5.21. The number of nitrogens with zero attached hydrogens (tertiary/aromatic N) is 1. The summed E-state index contributed by atoms with van der Waals surface area (Å²) in [6, 6.07) is 6.90. The fourth-order valence-electron chi connectivity index (χ4n) is 3.06. The fraction of sp³-hybridized carbons (Fsp3) is 0.600. The zero-order valence-electron chi connectivity index (χ0n) is 11.6.